The van der Waals surface area contributed by atoms with E-state index in [1.165, 1.54) is 0 Å². The lowest BCUT2D eigenvalue weighted by Crippen LogP contribution is -2.47. The van der Waals surface area contributed by atoms with Crippen LogP contribution in [0.4, 0.5) is 5.95 Å². The number of rotatable bonds is 3. The average molecular weight is 336 g/mol. The van der Waals surface area contributed by atoms with E-state index in [0.717, 1.165) is 44.0 Å². The van der Waals surface area contributed by atoms with Crippen molar-refractivity contribution in [2.45, 2.75) is 6.92 Å². The molecule has 4 rings (SSSR count). The van der Waals surface area contributed by atoms with Gasteiger partial charge in [-0.15, -0.1) is 0 Å². The Morgan fingerprint density at radius 3 is 2.64 bits per heavy atom. The molecule has 0 spiro atoms. The molecule has 3 aromatic rings. The Labute approximate surface area is 145 Å². The molecule has 1 saturated heterocycles. The second kappa shape index (κ2) is 6.60. The van der Waals surface area contributed by atoms with Gasteiger partial charge in [-0.2, -0.15) is 4.98 Å². The molecule has 1 aliphatic heterocycles. The number of anilines is 1. The minimum atomic E-state index is -0.174. The molecule has 0 saturated carbocycles. The maximum absolute atomic E-state index is 12.8. The van der Waals surface area contributed by atoms with Gasteiger partial charge in [0.1, 0.15) is 0 Å². The van der Waals surface area contributed by atoms with Gasteiger partial charge >= 0.3 is 0 Å². The molecule has 0 aromatic carbocycles. The molecule has 3 aromatic heterocycles. The van der Waals surface area contributed by atoms with E-state index < -0.39 is 0 Å². The summed E-state index contributed by atoms with van der Waals surface area (Å²) in [7, 11) is 0. The fraction of sp³-hybridized carbons (Fsp3) is 0.333. The zero-order valence-electron chi connectivity index (χ0n) is 14.1. The van der Waals surface area contributed by atoms with E-state index in [9.17, 15) is 4.79 Å². The van der Waals surface area contributed by atoms with Crippen molar-refractivity contribution in [1.82, 2.24) is 24.8 Å². The van der Waals surface area contributed by atoms with Crippen LogP contribution in [0.3, 0.4) is 0 Å². The van der Waals surface area contributed by atoms with Gasteiger partial charge in [-0.05, 0) is 24.7 Å². The van der Waals surface area contributed by atoms with Crippen molar-refractivity contribution in [3.8, 4) is 11.3 Å². The number of piperazine rings is 1. The number of likely N-dealkylation sites (N-methyl/N-ethyl adjacent to an activating group) is 1. The molecule has 25 heavy (non-hydrogen) atoms. The lowest BCUT2D eigenvalue weighted by molar-refractivity contribution is 0.270. The van der Waals surface area contributed by atoms with Crippen LogP contribution in [-0.4, -0.2) is 57.6 Å². The number of nitrogens with one attached hydrogen (secondary N) is 1. The number of pyridine rings is 2. The van der Waals surface area contributed by atoms with Gasteiger partial charge in [0.2, 0.25) is 5.95 Å². The highest BCUT2D eigenvalue weighted by Gasteiger charge is 2.19. The van der Waals surface area contributed by atoms with Gasteiger partial charge in [0.25, 0.3) is 5.56 Å². The molecule has 0 radical (unpaired) electrons. The van der Waals surface area contributed by atoms with E-state index in [0.29, 0.717) is 17.0 Å². The highest BCUT2D eigenvalue weighted by molar-refractivity contribution is 5.90. The first kappa shape index (κ1) is 15.7. The van der Waals surface area contributed by atoms with E-state index in [-0.39, 0.29) is 5.56 Å². The normalized spacial score (nSPS) is 15.6. The van der Waals surface area contributed by atoms with Crippen LogP contribution in [0.5, 0.6) is 0 Å². The van der Waals surface area contributed by atoms with Crippen molar-refractivity contribution in [3.63, 3.8) is 0 Å². The predicted molar refractivity (Wildman–Crippen MR) is 97.7 cm³/mol. The maximum atomic E-state index is 12.8. The number of hydrogen-bond donors (Lipinski definition) is 1. The van der Waals surface area contributed by atoms with Crippen LogP contribution in [0.1, 0.15) is 6.92 Å². The van der Waals surface area contributed by atoms with Crippen molar-refractivity contribution < 1.29 is 0 Å². The first-order valence-electron chi connectivity index (χ1n) is 8.54. The highest BCUT2D eigenvalue weighted by Crippen LogP contribution is 2.23. The maximum Gasteiger partial charge on any atom is 0.262 e. The number of fused-ring (bicyclic) bond motifs is 1. The second-order valence-electron chi connectivity index (χ2n) is 6.08. The number of nitrogens with zero attached hydrogens (tertiary/aromatic N) is 5. The number of hydrogen-bond acceptors (Lipinski definition) is 6. The Kier molecular flexibility index (Phi) is 4.15. The van der Waals surface area contributed by atoms with Crippen LogP contribution in [0, 0.1) is 0 Å². The minimum Gasteiger partial charge on any atom is -0.340 e. The quantitative estimate of drug-likeness (QED) is 0.781. The molecule has 1 fully saturated rings. The number of H-pyrrole nitrogens is 1. The van der Waals surface area contributed by atoms with E-state index in [1.807, 2.05) is 18.2 Å². The first-order valence-corrected chi connectivity index (χ1v) is 8.54. The summed E-state index contributed by atoms with van der Waals surface area (Å²) >= 11 is 0. The van der Waals surface area contributed by atoms with E-state index >= 15 is 0 Å². The molecule has 0 atom stereocenters. The van der Waals surface area contributed by atoms with Gasteiger partial charge < -0.3 is 9.80 Å². The molecular weight excluding hydrogens is 316 g/mol. The summed E-state index contributed by atoms with van der Waals surface area (Å²) in [6.07, 6.45) is 3.39. The summed E-state index contributed by atoms with van der Waals surface area (Å²) in [6, 6.07) is 7.44. The first-order chi connectivity index (χ1) is 12.3. The topological polar surface area (TPSA) is 78.0 Å². The van der Waals surface area contributed by atoms with Gasteiger partial charge in [0.05, 0.1) is 11.1 Å². The Morgan fingerprint density at radius 1 is 1.08 bits per heavy atom. The van der Waals surface area contributed by atoms with Crippen molar-refractivity contribution in [3.05, 3.63) is 47.0 Å². The molecule has 0 amide bonds. The van der Waals surface area contributed by atoms with Crippen LogP contribution in [0.25, 0.3) is 22.3 Å². The van der Waals surface area contributed by atoms with Crippen LogP contribution < -0.4 is 10.5 Å². The molecule has 1 N–H and O–H groups in total. The summed E-state index contributed by atoms with van der Waals surface area (Å²) in [5.41, 5.74) is 1.78. The second-order valence-corrected chi connectivity index (χ2v) is 6.08. The van der Waals surface area contributed by atoms with Gasteiger partial charge in [-0.3, -0.25) is 14.8 Å². The Bertz CT molecular complexity index is 931. The fourth-order valence-corrected chi connectivity index (χ4v) is 3.21. The van der Waals surface area contributed by atoms with Crippen molar-refractivity contribution in [1.29, 1.82) is 0 Å². The van der Waals surface area contributed by atoms with Crippen LogP contribution in [-0.2, 0) is 0 Å². The molecule has 4 heterocycles. The summed E-state index contributed by atoms with van der Waals surface area (Å²) in [5.74, 6) is 0.596. The molecule has 7 nitrogen and oxygen atoms in total. The smallest absolute Gasteiger partial charge is 0.262 e. The zero-order valence-corrected chi connectivity index (χ0v) is 14.1. The third kappa shape index (κ3) is 2.98. The minimum absolute atomic E-state index is 0.174. The summed E-state index contributed by atoms with van der Waals surface area (Å²) in [6.45, 7) is 6.85. The molecule has 0 bridgehead atoms. The van der Waals surface area contributed by atoms with Crippen LogP contribution in [0.2, 0.25) is 0 Å². The van der Waals surface area contributed by atoms with Gasteiger partial charge in [-0.25, -0.2) is 4.98 Å². The largest absolute Gasteiger partial charge is 0.340 e. The zero-order chi connectivity index (χ0) is 17.2. The Balaban J connectivity index is 1.76. The summed E-state index contributed by atoms with van der Waals surface area (Å²) in [4.78, 5) is 33.5. The third-order valence-corrected chi connectivity index (χ3v) is 4.66. The van der Waals surface area contributed by atoms with Crippen LogP contribution >= 0.6 is 0 Å². The SMILES string of the molecule is CCN1CCN(c2nc3nccc(-c4ccccn4)c3c(=O)[nH]2)CC1. The van der Waals surface area contributed by atoms with Crippen molar-refractivity contribution >= 4 is 17.0 Å². The Hall–Kier alpha value is -2.80. The summed E-state index contributed by atoms with van der Waals surface area (Å²) < 4.78 is 0. The monoisotopic (exact) mass is 336 g/mol. The molecule has 1 aliphatic rings. The molecule has 7 heteroatoms. The third-order valence-electron chi connectivity index (χ3n) is 4.66. The van der Waals surface area contributed by atoms with Crippen molar-refractivity contribution in [2.24, 2.45) is 0 Å². The van der Waals surface area contributed by atoms with Gasteiger partial charge in [0.15, 0.2) is 5.65 Å². The molecule has 0 aliphatic carbocycles. The lowest BCUT2D eigenvalue weighted by atomic mass is 10.1. The number of aromatic amines is 1. The number of aromatic nitrogens is 4. The highest BCUT2D eigenvalue weighted by atomic mass is 16.1. The van der Waals surface area contributed by atoms with Gasteiger partial charge in [0, 0.05) is 44.1 Å². The van der Waals surface area contributed by atoms with Crippen molar-refractivity contribution in [2.75, 3.05) is 37.6 Å². The fourth-order valence-electron chi connectivity index (χ4n) is 3.21. The molecule has 128 valence electrons. The molecule has 0 unspecified atom stereocenters. The van der Waals surface area contributed by atoms with E-state index in [1.54, 1.807) is 18.5 Å². The lowest BCUT2D eigenvalue weighted by Gasteiger charge is -2.34. The van der Waals surface area contributed by atoms with Gasteiger partial charge in [-0.1, -0.05) is 13.0 Å². The Morgan fingerprint density at radius 2 is 1.92 bits per heavy atom. The average Bonchev–Trinajstić information content (AvgIpc) is 2.68. The predicted octanol–water partition coefficient (Wildman–Crippen LogP) is 1.52. The van der Waals surface area contributed by atoms with E-state index in [2.05, 4.69) is 36.7 Å². The standard InChI is InChI=1S/C18H20N6O/c1-2-23-9-11-24(12-10-23)18-21-16-15(17(25)22-18)13(6-8-20-16)14-5-3-4-7-19-14/h3-8H,2,9-12H2,1H3,(H,20,21,22,25). The molecular formula is C18H20N6O. The van der Waals surface area contributed by atoms with Crippen LogP contribution in [0.15, 0.2) is 41.5 Å². The van der Waals surface area contributed by atoms with E-state index in [4.69, 9.17) is 0 Å². The summed E-state index contributed by atoms with van der Waals surface area (Å²) in [5, 5.41) is 0.483.